The Labute approximate surface area is 280 Å². The van der Waals surface area contributed by atoms with Crippen molar-refractivity contribution in [1.82, 2.24) is 15.0 Å². The maximum atomic E-state index is 8.84. The van der Waals surface area contributed by atoms with Crippen molar-refractivity contribution in [3.8, 4) is 33.8 Å². The number of hydrogen-bond donors (Lipinski definition) is 0. The summed E-state index contributed by atoms with van der Waals surface area (Å²) in [6.45, 7) is 8.33. The molecule has 0 aliphatic rings. The standard InChI is InChI=1S/C29H27N2O.C11H8N.Ir/c1-5-20(6-2)21-15-16-30-26(17-21)24-12-8-11-22-23-13-14-25(31-29(23)32-28(22)24)27-18(3)9-7-10-19(27)4;1-2-6-10(7-3-1)11-8-4-5-9-12-11;/h7-11,13-17,20H,5-6H2,1-4H3;1-6,8-9H;/q2*-1;/i20D;;. The van der Waals surface area contributed by atoms with Gasteiger partial charge in [0.15, 0.2) is 0 Å². The molecule has 0 aliphatic carbocycles. The molecule has 4 aromatic heterocycles. The van der Waals surface area contributed by atoms with Crippen LogP contribution in [0.15, 0.2) is 114 Å². The molecule has 0 bridgehead atoms. The number of furan rings is 1. The van der Waals surface area contributed by atoms with Crippen LogP contribution in [0.1, 0.15) is 50.6 Å². The second-order valence-corrected chi connectivity index (χ2v) is 10.7. The number of nitrogens with zero attached hydrogens (tertiary/aromatic N) is 3. The Morgan fingerprint density at radius 3 is 2.22 bits per heavy atom. The molecular formula is C40H35IrN3O-2. The van der Waals surface area contributed by atoms with Crippen LogP contribution < -0.4 is 0 Å². The number of rotatable bonds is 6. The molecule has 4 nitrogen and oxygen atoms in total. The zero-order valence-electron chi connectivity index (χ0n) is 26.9. The molecule has 0 spiro atoms. The Bertz CT molecular complexity index is 2010. The summed E-state index contributed by atoms with van der Waals surface area (Å²) < 4.78 is 15.2. The third-order valence-corrected chi connectivity index (χ3v) is 7.96. The number of benzene rings is 3. The van der Waals surface area contributed by atoms with Crippen molar-refractivity contribution < 1.29 is 25.9 Å². The normalized spacial score (nSPS) is 11.4. The Morgan fingerprint density at radius 2 is 1.51 bits per heavy atom. The van der Waals surface area contributed by atoms with E-state index in [0.717, 1.165) is 68.5 Å². The second kappa shape index (κ2) is 14.6. The van der Waals surface area contributed by atoms with Crippen LogP contribution in [0.4, 0.5) is 0 Å². The number of pyridine rings is 3. The van der Waals surface area contributed by atoms with Gasteiger partial charge in [0.1, 0.15) is 0 Å². The van der Waals surface area contributed by atoms with Gasteiger partial charge in [-0.2, -0.15) is 0 Å². The van der Waals surface area contributed by atoms with Gasteiger partial charge >= 0.3 is 0 Å². The number of aromatic nitrogens is 3. The average molecular weight is 767 g/mol. The summed E-state index contributed by atoms with van der Waals surface area (Å²) in [6.07, 6.45) is 5.06. The van der Waals surface area contributed by atoms with Gasteiger partial charge in [-0.25, -0.2) is 4.98 Å². The van der Waals surface area contributed by atoms with E-state index in [2.05, 4.69) is 80.1 Å². The van der Waals surface area contributed by atoms with E-state index in [0.29, 0.717) is 5.71 Å². The molecule has 0 N–H and O–H groups in total. The molecule has 227 valence electrons. The molecule has 0 saturated heterocycles. The summed E-state index contributed by atoms with van der Waals surface area (Å²) in [4.78, 5) is 13.7. The van der Waals surface area contributed by atoms with Gasteiger partial charge in [0.25, 0.3) is 0 Å². The molecule has 5 heteroatoms. The topological polar surface area (TPSA) is 51.8 Å². The van der Waals surface area contributed by atoms with Crippen LogP contribution in [0, 0.1) is 26.0 Å². The van der Waals surface area contributed by atoms with Crippen LogP contribution in [0.2, 0.25) is 0 Å². The van der Waals surface area contributed by atoms with E-state index in [1.54, 1.807) is 12.4 Å². The number of hydrogen-bond acceptors (Lipinski definition) is 4. The molecule has 7 aromatic rings. The maximum absolute atomic E-state index is 8.84. The average Bonchev–Trinajstić information content (AvgIpc) is 3.47. The van der Waals surface area contributed by atoms with E-state index in [-0.39, 0.29) is 20.1 Å². The molecule has 0 fully saturated rings. The molecule has 0 aliphatic heterocycles. The Morgan fingerprint density at radius 1 is 0.733 bits per heavy atom. The molecule has 0 atom stereocenters. The minimum Gasteiger partial charge on any atom is -0.486 e. The summed E-state index contributed by atoms with van der Waals surface area (Å²) in [5.74, 6) is -0.624. The summed E-state index contributed by atoms with van der Waals surface area (Å²) in [6, 6.07) is 38.5. The predicted octanol–water partition coefficient (Wildman–Crippen LogP) is 10.6. The molecule has 3 aromatic carbocycles. The molecular weight excluding hydrogens is 731 g/mol. The fourth-order valence-electron chi connectivity index (χ4n) is 5.69. The van der Waals surface area contributed by atoms with Crippen molar-refractivity contribution in [2.75, 3.05) is 0 Å². The quantitative estimate of drug-likeness (QED) is 0.158. The van der Waals surface area contributed by atoms with Crippen molar-refractivity contribution >= 4 is 22.1 Å². The first-order valence-corrected chi connectivity index (χ1v) is 15.1. The summed E-state index contributed by atoms with van der Waals surface area (Å²) in [5, 5.41) is 1.97. The Kier molecular flexibility index (Phi) is 9.89. The van der Waals surface area contributed by atoms with Crippen molar-refractivity contribution in [3.05, 3.63) is 138 Å². The van der Waals surface area contributed by atoms with E-state index in [4.69, 9.17) is 10.8 Å². The molecule has 1 radical (unpaired) electrons. The van der Waals surface area contributed by atoms with Crippen molar-refractivity contribution in [2.24, 2.45) is 0 Å². The van der Waals surface area contributed by atoms with E-state index >= 15 is 0 Å². The van der Waals surface area contributed by atoms with Crippen LogP contribution in [0.25, 0.3) is 55.8 Å². The second-order valence-electron chi connectivity index (χ2n) is 10.7. The van der Waals surface area contributed by atoms with Crippen molar-refractivity contribution in [3.63, 3.8) is 0 Å². The molecule has 0 amide bonds. The van der Waals surface area contributed by atoms with E-state index in [9.17, 15) is 0 Å². The number of fused-ring (bicyclic) bond motifs is 3. The summed E-state index contributed by atoms with van der Waals surface area (Å²) in [7, 11) is 0. The number of aryl methyl sites for hydroxylation is 2. The molecule has 45 heavy (non-hydrogen) atoms. The van der Waals surface area contributed by atoms with Crippen molar-refractivity contribution in [2.45, 2.75) is 46.4 Å². The van der Waals surface area contributed by atoms with Crippen LogP contribution >= 0.6 is 0 Å². The fraction of sp³-hybridized carbons (Fsp3) is 0.175. The smallest absolute Gasteiger partial charge is 0.216 e. The van der Waals surface area contributed by atoms with E-state index < -0.39 is 5.89 Å². The summed E-state index contributed by atoms with van der Waals surface area (Å²) >= 11 is 0. The molecule has 7 rings (SSSR count). The first-order chi connectivity index (χ1) is 21.9. The first kappa shape index (κ1) is 30.6. The Balaban J connectivity index is 0.000000269. The van der Waals surface area contributed by atoms with E-state index in [1.165, 1.54) is 11.1 Å². The Hall–Kier alpha value is -4.44. The van der Waals surface area contributed by atoms with Gasteiger partial charge in [-0.3, -0.25) is 0 Å². The zero-order valence-corrected chi connectivity index (χ0v) is 28.3. The molecule has 0 saturated carbocycles. The minimum atomic E-state index is -0.624. The van der Waals surface area contributed by atoms with Gasteiger partial charge in [-0.05, 0) is 79.4 Å². The molecule has 4 heterocycles. The van der Waals surface area contributed by atoms with Crippen LogP contribution in [-0.4, -0.2) is 15.0 Å². The zero-order chi connectivity index (χ0) is 31.4. The van der Waals surface area contributed by atoms with Gasteiger partial charge < -0.3 is 14.4 Å². The van der Waals surface area contributed by atoms with Gasteiger partial charge in [-0.15, -0.1) is 54.1 Å². The van der Waals surface area contributed by atoms with Gasteiger partial charge in [0, 0.05) is 44.8 Å². The van der Waals surface area contributed by atoms with Crippen LogP contribution in [0.3, 0.4) is 0 Å². The third kappa shape index (κ3) is 6.80. The monoisotopic (exact) mass is 767 g/mol. The summed E-state index contributed by atoms with van der Waals surface area (Å²) in [5.41, 5.74) is 10.3. The fourth-order valence-corrected chi connectivity index (χ4v) is 5.69. The van der Waals surface area contributed by atoms with Crippen molar-refractivity contribution in [1.29, 1.82) is 0 Å². The predicted molar refractivity (Wildman–Crippen MR) is 180 cm³/mol. The van der Waals surface area contributed by atoms with Crippen LogP contribution in [-0.2, 0) is 20.1 Å². The molecule has 0 unspecified atom stereocenters. The maximum Gasteiger partial charge on any atom is 0.216 e. The third-order valence-electron chi connectivity index (χ3n) is 7.96. The van der Waals surface area contributed by atoms with Gasteiger partial charge in [-0.1, -0.05) is 66.8 Å². The largest absolute Gasteiger partial charge is 0.486 e. The van der Waals surface area contributed by atoms with E-state index in [1.807, 2.05) is 66.7 Å². The van der Waals surface area contributed by atoms with Gasteiger partial charge in [0.2, 0.25) is 5.71 Å². The minimum absolute atomic E-state index is 0. The first-order valence-electron chi connectivity index (χ1n) is 15.6. The van der Waals surface area contributed by atoms with Gasteiger partial charge in [0.05, 0.1) is 11.3 Å². The SMILES string of the molecule is [2H]C(CC)(CC)c1ccnc(-c2[c-]ccc3c2oc2nc(-c4c(C)cccc4C)ccc23)c1.[Ir].[c-]1ccccc1-c1ccccn1. The van der Waals surface area contributed by atoms with Crippen LogP contribution in [0.5, 0.6) is 0 Å².